The molecule has 5 aromatic carbocycles. The third kappa shape index (κ3) is 20.5. The topological polar surface area (TPSA) is 199 Å². The Hall–Kier alpha value is -10.1. The van der Waals surface area contributed by atoms with Crippen molar-refractivity contribution in [2.24, 2.45) is 65.1 Å². The average molecular weight is 1790 g/mol. The van der Waals surface area contributed by atoms with Crippen LogP contribution in [0.3, 0.4) is 0 Å². The van der Waals surface area contributed by atoms with Gasteiger partial charge in [0.05, 0.1) is 100 Å². The fourth-order valence-corrected chi connectivity index (χ4v) is 23.9. The number of hydrogen-bond donors (Lipinski definition) is 0. The zero-order valence-corrected chi connectivity index (χ0v) is 79.4. The molecular formula is C110H138N10O12. The Balaban J connectivity index is 0.000000121. The van der Waals surface area contributed by atoms with Crippen LogP contribution in [0.4, 0.5) is 0 Å². The number of rotatable bonds is 29. The monoisotopic (exact) mass is 1790 g/mol. The predicted molar refractivity (Wildman–Crippen MR) is 524 cm³/mol. The van der Waals surface area contributed by atoms with Crippen molar-refractivity contribution >= 4 is 60.5 Å². The molecule has 132 heavy (non-hydrogen) atoms. The number of methoxy groups -OCH3 is 9. The molecule has 25 rings (SSSR count). The van der Waals surface area contributed by atoms with E-state index >= 15 is 0 Å². The van der Waals surface area contributed by atoms with Crippen molar-refractivity contribution < 1.29 is 56.9 Å². The molecule has 25 atom stereocenters. The molecule has 10 aromatic rings. The van der Waals surface area contributed by atoms with Crippen LogP contribution in [0.25, 0.3) is 54.5 Å². The molecular weight excluding hydrogens is 1650 g/mol. The normalized spacial score (nSPS) is 28.6. The number of esters is 1. The van der Waals surface area contributed by atoms with Gasteiger partial charge in [-0.3, -0.25) is 49.4 Å². The highest BCUT2D eigenvalue weighted by Gasteiger charge is 2.49. The zero-order valence-electron chi connectivity index (χ0n) is 79.4. The maximum Gasteiger partial charge on any atom is 0.332 e. The molecule has 15 aliphatic rings. The van der Waals surface area contributed by atoms with Crippen LogP contribution in [0.2, 0.25) is 0 Å². The molecule has 0 spiro atoms. The first-order chi connectivity index (χ1) is 64.5. The Morgan fingerprint density at radius 1 is 0.333 bits per heavy atom. The molecule has 15 aliphatic heterocycles. The number of ether oxygens (including phenoxy) is 11. The third-order valence-electron chi connectivity index (χ3n) is 30.9. The summed E-state index contributed by atoms with van der Waals surface area (Å²) in [5.41, 5.74) is 10.7. The summed E-state index contributed by atoms with van der Waals surface area (Å²) < 4.78 is 63.1. The highest BCUT2D eigenvalue weighted by molar-refractivity contribution is 5.88. The number of carbonyl (C=O) groups is 1. The Morgan fingerprint density at radius 3 is 0.742 bits per heavy atom. The summed E-state index contributed by atoms with van der Waals surface area (Å²) >= 11 is 0. The van der Waals surface area contributed by atoms with E-state index in [9.17, 15) is 4.79 Å². The van der Waals surface area contributed by atoms with E-state index in [2.05, 4.69) is 161 Å². The van der Waals surface area contributed by atoms with Crippen molar-refractivity contribution in [2.75, 3.05) is 143 Å². The van der Waals surface area contributed by atoms with Crippen LogP contribution in [0, 0.1) is 65.1 Å². The Labute approximate surface area is 781 Å². The van der Waals surface area contributed by atoms with Gasteiger partial charge in [-0.1, -0.05) is 44.2 Å². The van der Waals surface area contributed by atoms with Gasteiger partial charge in [-0.2, -0.15) is 0 Å². The molecule has 0 radical (unpaired) electrons. The zero-order chi connectivity index (χ0) is 92.2. The number of carbonyl (C=O) groups excluding carboxylic acids is 1. The Morgan fingerprint density at radius 2 is 0.553 bits per heavy atom. The van der Waals surface area contributed by atoms with Crippen LogP contribution in [-0.2, 0) is 33.2 Å². The summed E-state index contributed by atoms with van der Waals surface area (Å²) in [7, 11) is 15.8. The standard InChI is InChI=1S/C26H34N2O4.4C21H26N2O2/c1-5-18-14-28-11-9-19(18)12-24(28)26(32-16-25(29)31-15-17(2)3)21-8-10-27-23-7-6-20(30-4)13-22(21)23;4*1-4-14-13-23-10-8-15(14)11-20(23)21(25-3)17-7-9-22-19-6-5-16(24-2)12-18(17)19/h5-8,10,13,17-19,24,26H,1,9,11-12,14-16H2,2-4H3;4*4-7,9,12,14-15,20-21H,1,8,10-11,13H2,2-3H3/t18?,19?,24?,26-;4*14?,15?,20?,21-/m00000/s1. The lowest BCUT2D eigenvalue weighted by Crippen LogP contribution is -2.55. The number of hydrogen-bond acceptors (Lipinski definition) is 22. The molecule has 20 heterocycles. The average Bonchev–Trinajstić information content (AvgIpc) is 0.777. The number of aromatic nitrogens is 5. The van der Waals surface area contributed by atoms with Crippen molar-refractivity contribution in [3.05, 3.63) is 243 Å². The summed E-state index contributed by atoms with van der Waals surface area (Å²) in [5, 5.41) is 5.48. The SMILES string of the molecule is C=CC1CN2CCC1CC2[C@@H](OC)c1ccnc2ccc(OC)cc12.C=CC1CN2CCC1CC2[C@@H](OC)c1ccnc2ccc(OC)cc12.C=CC1CN2CCC1CC2[C@@H](OC)c1ccnc2ccc(OC)cc12.C=CC1CN2CCC1CC2[C@@H](OC)c1ccnc2ccc(OC)cc12.C=CC1CN2CCC1CC2[C@@H](OCC(=O)OCC(C)C)c1ccnc2ccc(OC)cc12. The molecule has 0 amide bonds. The predicted octanol–water partition coefficient (Wildman–Crippen LogP) is 19.7. The summed E-state index contributed by atoms with van der Waals surface area (Å²) in [4.78, 5) is 47.8. The van der Waals surface area contributed by atoms with Gasteiger partial charge >= 0.3 is 5.97 Å². The van der Waals surface area contributed by atoms with Crippen molar-refractivity contribution in [2.45, 2.75) is 139 Å². The van der Waals surface area contributed by atoms with Gasteiger partial charge in [-0.05, 0) is 311 Å². The molecule has 10 bridgehead atoms. The second-order valence-corrected chi connectivity index (χ2v) is 38.1. The van der Waals surface area contributed by atoms with E-state index in [1.54, 1.807) is 35.5 Å². The lowest BCUT2D eigenvalue weighted by Gasteiger charge is -2.51. The molecule has 15 fully saturated rings. The first-order valence-corrected chi connectivity index (χ1v) is 47.8. The largest absolute Gasteiger partial charge is 0.497 e. The molecule has 700 valence electrons. The van der Waals surface area contributed by atoms with E-state index < -0.39 is 0 Å². The minimum atomic E-state index is -0.320. The molecule has 22 heteroatoms. The number of benzene rings is 5. The van der Waals surface area contributed by atoms with Crippen molar-refractivity contribution in [3.8, 4) is 28.7 Å². The minimum Gasteiger partial charge on any atom is -0.497 e. The van der Waals surface area contributed by atoms with Crippen molar-refractivity contribution in [1.82, 2.24) is 49.4 Å². The van der Waals surface area contributed by atoms with E-state index in [1.807, 2.05) is 146 Å². The van der Waals surface area contributed by atoms with Crippen LogP contribution in [-0.4, -0.2) is 228 Å². The van der Waals surface area contributed by atoms with Gasteiger partial charge in [0.25, 0.3) is 0 Å². The highest BCUT2D eigenvalue weighted by atomic mass is 16.6. The maximum atomic E-state index is 12.4. The van der Waals surface area contributed by atoms with E-state index in [-0.39, 0.29) is 49.1 Å². The van der Waals surface area contributed by atoms with Gasteiger partial charge in [0.15, 0.2) is 0 Å². The molecule has 0 aliphatic carbocycles. The number of nitrogens with zero attached hydrogens (tertiary/aromatic N) is 10. The van der Waals surface area contributed by atoms with Gasteiger partial charge in [0, 0.05) is 149 Å². The van der Waals surface area contributed by atoms with Crippen LogP contribution >= 0.6 is 0 Å². The highest BCUT2D eigenvalue weighted by Crippen LogP contribution is 2.51. The van der Waals surface area contributed by atoms with E-state index in [0.29, 0.717) is 72.2 Å². The quantitative estimate of drug-likeness (QED) is 0.0316. The fraction of sp³-hybridized carbons (Fsp3) is 0.491. The second kappa shape index (κ2) is 43.9. The van der Waals surface area contributed by atoms with E-state index in [1.165, 1.54) is 80.0 Å². The van der Waals surface area contributed by atoms with E-state index in [4.69, 9.17) is 52.1 Å². The number of pyridine rings is 5. The second-order valence-electron chi connectivity index (χ2n) is 38.1. The molecule has 22 nitrogen and oxygen atoms in total. The maximum absolute atomic E-state index is 12.4. The van der Waals surface area contributed by atoms with Crippen LogP contribution in [0.5, 0.6) is 28.7 Å². The third-order valence-corrected chi connectivity index (χ3v) is 30.9. The van der Waals surface area contributed by atoms with Gasteiger partial charge in [-0.25, -0.2) is 4.79 Å². The number of piperidine rings is 15. The van der Waals surface area contributed by atoms with Crippen molar-refractivity contribution in [1.29, 1.82) is 0 Å². The molecule has 0 saturated carbocycles. The first-order valence-electron chi connectivity index (χ1n) is 47.8. The van der Waals surface area contributed by atoms with Crippen LogP contribution < -0.4 is 23.7 Å². The molecule has 5 aromatic heterocycles. The lowest BCUT2D eigenvalue weighted by molar-refractivity contribution is -0.156. The molecule has 20 unspecified atom stereocenters. The smallest absolute Gasteiger partial charge is 0.332 e. The number of fused-ring (bicyclic) bond motifs is 20. The van der Waals surface area contributed by atoms with Crippen LogP contribution in [0.15, 0.2) is 216 Å². The summed E-state index contributed by atoms with van der Waals surface area (Å²) in [5.74, 6) is 10.7. The van der Waals surface area contributed by atoms with Crippen LogP contribution in [0.1, 0.15) is 136 Å². The summed E-state index contributed by atoms with van der Waals surface area (Å²) in [6.45, 7) is 35.6. The Kier molecular flexibility index (Phi) is 31.7. The Bertz CT molecular complexity index is 5110. The van der Waals surface area contributed by atoms with Gasteiger partial charge in [0.2, 0.25) is 0 Å². The summed E-state index contributed by atoms with van der Waals surface area (Å²) in [6, 6.07) is 42.4. The van der Waals surface area contributed by atoms with Crippen molar-refractivity contribution in [3.63, 3.8) is 0 Å². The van der Waals surface area contributed by atoms with Gasteiger partial charge in [0.1, 0.15) is 35.4 Å². The summed E-state index contributed by atoms with van der Waals surface area (Å²) in [6.07, 6.45) is 31.9. The lowest BCUT2D eigenvalue weighted by atomic mass is 9.73. The van der Waals surface area contributed by atoms with Gasteiger partial charge in [-0.15, -0.1) is 32.9 Å². The first kappa shape index (κ1) is 95.1. The van der Waals surface area contributed by atoms with E-state index in [0.717, 1.165) is 184 Å². The molecule has 0 N–H and O–H groups in total. The minimum absolute atomic E-state index is 0.0474. The molecule has 15 saturated heterocycles. The van der Waals surface area contributed by atoms with Gasteiger partial charge < -0.3 is 52.1 Å². The fourth-order valence-electron chi connectivity index (χ4n) is 23.9.